The van der Waals surface area contributed by atoms with Crippen molar-refractivity contribution in [1.82, 2.24) is 0 Å². The summed E-state index contributed by atoms with van der Waals surface area (Å²) in [5, 5.41) is 8.89. The van der Waals surface area contributed by atoms with E-state index < -0.39 is 0 Å². The van der Waals surface area contributed by atoms with E-state index in [1.54, 1.807) is 11.8 Å². The molecule has 2 N–H and O–H groups in total. The average molecular weight is 220 g/mol. The van der Waals surface area contributed by atoms with Gasteiger partial charge in [0.25, 0.3) is 0 Å². The molecular weight excluding hydrogens is 204 g/mol. The summed E-state index contributed by atoms with van der Waals surface area (Å²) in [6.07, 6.45) is 0. The number of thioether (sulfide) groups is 1. The Kier molecular flexibility index (Phi) is 4.19. The Morgan fingerprint density at radius 3 is 2.67 bits per heavy atom. The van der Waals surface area contributed by atoms with Crippen LogP contribution in [0.2, 0.25) is 0 Å². The van der Waals surface area contributed by atoms with Crippen LogP contribution in [0.5, 0.6) is 0 Å². The van der Waals surface area contributed by atoms with Gasteiger partial charge in [-0.2, -0.15) is 17.0 Å². The summed E-state index contributed by atoms with van der Waals surface area (Å²) in [6.45, 7) is 4.02. The lowest BCUT2D eigenvalue weighted by molar-refractivity contribution is 0.591. The van der Waals surface area contributed by atoms with Gasteiger partial charge in [-0.05, 0) is 25.5 Å². The zero-order valence-corrected chi connectivity index (χ0v) is 9.97. The SMILES string of the molecule is CC(C)(N)CSCc1ccccc1C#N. The first-order chi connectivity index (χ1) is 7.03. The van der Waals surface area contributed by atoms with Crippen molar-refractivity contribution in [3.05, 3.63) is 35.4 Å². The Labute approximate surface area is 95.5 Å². The second kappa shape index (κ2) is 5.20. The van der Waals surface area contributed by atoms with E-state index in [9.17, 15) is 0 Å². The van der Waals surface area contributed by atoms with E-state index in [1.807, 2.05) is 38.1 Å². The molecule has 0 saturated carbocycles. The van der Waals surface area contributed by atoms with Crippen LogP contribution in [0.15, 0.2) is 24.3 Å². The third kappa shape index (κ3) is 4.37. The summed E-state index contributed by atoms with van der Waals surface area (Å²) in [4.78, 5) is 0. The molecule has 0 spiro atoms. The van der Waals surface area contributed by atoms with Crippen LogP contribution in [0.1, 0.15) is 25.0 Å². The lowest BCUT2D eigenvalue weighted by Gasteiger charge is -2.17. The number of benzene rings is 1. The van der Waals surface area contributed by atoms with Crippen LogP contribution < -0.4 is 5.73 Å². The van der Waals surface area contributed by atoms with Gasteiger partial charge in [-0.15, -0.1) is 0 Å². The standard InChI is InChI=1S/C12H16N2S/c1-12(2,14)9-15-8-11-6-4-3-5-10(11)7-13/h3-6H,8-9,14H2,1-2H3. The number of nitrogens with two attached hydrogens (primary N) is 1. The van der Waals surface area contributed by atoms with Crippen LogP contribution in [-0.4, -0.2) is 11.3 Å². The van der Waals surface area contributed by atoms with Crippen LogP contribution in [0.3, 0.4) is 0 Å². The van der Waals surface area contributed by atoms with E-state index in [2.05, 4.69) is 6.07 Å². The van der Waals surface area contributed by atoms with Crippen LogP contribution in [-0.2, 0) is 5.75 Å². The van der Waals surface area contributed by atoms with Gasteiger partial charge in [0.1, 0.15) is 0 Å². The van der Waals surface area contributed by atoms with Crippen LogP contribution in [0.25, 0.3) is 0 Å². The molecule has 0 aliphatic heterocycles. The van der Waals surface area contributed by atoms with E-state index in [0.29, 0.717) is 0 Å². The second-order valence-electron chi connectivity index (χ2n) is 4.25. The number of hydrogen-bond donors (Lipinski definition) is 1. The largest absolute Gasteiger partial charge is 0.325 e. The Hall–Kier alpha value is -0.980. The van der Waals surface area contributed by atoms with E-state index in [4.69, 9.17) is 11.0 Å². The van der Waals surface area contributed by atoms with Gasteiger partial charge in [0.05, 0.1) is 11.6 Å². The molecular formula is C12H16N2S. The topological polar surface area (TPSA) is 49.8 Å². The molecule has 1 rings (SSSR count). The summed E-state index contributed by atoms with van der Waals surface area (Å²) >= 11 is 1.77. The first kappa shape index (κ1) is 12.1. The van der Waals surface area contributed by atoms with Crippen molar-refractivity contribution < 1.29 is 0 Å². The molecule has 2 nitrogen and oxygen atoms in total. The number of rotatable bonds is 4. The number of hydrogen-bond acceptors (Lipinski definition) is 3. The maximum atomic E-state index is 8.89. The number of nitriles is 1. The van der Waals surface area contributed by atoms with E-state index in [0.717, 1.165) is 22.6 Å². The van der Waals surface area contributed by atoms with Crippen molar-refractivity contribution in [3.63, 3.8) is 0 Å². The van der Waals surface area contributed by atoms with E-state index in [-0.39, 0.29) is 5.54 Å². The lowest BCUT2D eigenvalue weighted by Crippen LogP contribution is -2.34. The number of nitrogens with zero attached hydrogens (tertiary/aromatic N) is 1. The predicted molar refractivity (Wildman–Crippen MR) is 65.6 cm³/mol. The molecule has 0 aliphatic carbocycles. The quantitative estimate of drug-likeness (QED) is 0.848. The predicted octanol–water partition coefficient (Wildman–Crippen LogP) is 2.53. The van der Waals surface area contributed by atoms with Gasteiger partial charge in [-0.25, -0.2) is 0 Å². The Bertz CT molecular complexity index is 361. The van der Waals surface area contributed by atoms with Crippen molar-refractivity contribution in [2.75, 3.05) is 5.75 Å². The van der Waals surface area contributed by atoms with Gasteiger partial charge < -0.3 is 5.73 Å². The van der Waals surface area contributed by atoms with Crippen molar-refractivity contribution in [1.29, 1.82) is 5.26 Å². The minimum Gasteiger partial charge on any atom is -0.325 e. The molecule has 0 aromatic heterocycles. The lowest BCUT2D eigenvalue weighted by atomic mass is 10.1. The molecule has 0 unspecified atom stereocenters. The molecule has 15 heavy (non-hydrogen) atoms. The molecule has 80 valence electrons. The summed E-state index contributed by atoms with van der Waals surface area (Å²) in [5.74, 6) is 1.75. The highest BCUT2D eigenvalue weighted by Crippen LogP contribution is 2.18. The van der Waals surface area contributed by atoms with Gasteiger partial charge in [0.2, 0.25) is 0 Å². The highest BCUT2D eigenvalue weighted by atomic mass is 32.2. The van der Waals surface area contributed by atoms with Crippen LogP contribution in [0, 0.1) is 11.3 Å². The third-order valence-corrected chi connectivity index (χ3v) is 3.33. The third-order valence-electron chi connectivity index (χ3n) is 1.87. The molecule has 0 fully saturated rings. The fourth-order valence-corrected chi connectivity index (χ4v) is 2.28. The summed E-state index contributed by atoms with van der Waals surface area (Å²) in [7, 11) is 0. The second-order valence-corrected chi connectivity index (χ2v) is 5.24. The maximum Gasteiger partial charge on any atom is 0.0994 e. The van der Waals surface area contributed by atoms with Gasteiger partial charge in [0.15, 0.2) is 0 Å². The van der Waals surface area contributed by atoms with Gasteiger partial charge >= 0.3 is 0 Å². The molecule has 1 aromatic carbocycles. The first-order valence-electron chi connectivity index (χ1n) is 4.87. The normalized spacial score (nSPS) is 11.1. The molecule has 3 heteroatoms. The fourth-order valence-electron chi connectivity index (χ4n) is 1.18. The molecule has 0 atom stereocenters. The van der Waals surface area contributed by atoms with Crippen molar-refractivity contribution in [2.45, 2.75) is 25.1 Å². The summed E-state index contributed by atoms with van der Waals surface area (Å²) < 4.78 is 0. The monoisotopic (exact) mass is 220 g/mol. The molecule has 1 aromatic rings. The van der Waals surface area contributed by atoms with Crippen molar-refractivity contribution >= 4 is 11.8 Å². The smallest absolute Gasteiger partial charge is 0.0994 e. The van der Waals surface area contributed by atoms with E-state index >= 15 is 0 Å². The van der Waals surface area contributed by atoms with E-state index in [1.165, 1.54) is 0 Å². The zero-order valence-electron chi connectivity index (χ0n) is 9.16. The van der Waals surface area contributed by atoms with Crippen LogP contribution >= 0.6 is 11.8 Å². The van der Waals surface area contributed by atoms with Gasteiger partial charge in [-0.1, -0.05) is 18.2 Å². The average Bonchev–Trinajstić information content (AvgIpc) is 2.16. The Morgan fingerprint density at radius 1 is 1.40 bits per heavy atom. The molecule has 0 aliphatic rings. The molecule has 0 saturated heterocycles. The fraction of sp³-hybridized carbons (Fsp3) is 0.417. The summed E-state index contributed by atoms with van der Waals surface area (Å²) in [5.41, 5.74) is 7.59. The van der Waals surface area contributed by atoms with Crippen molar-refractivity contribution in [2.24, 2.45) is 5.73 Å². The minimum absolute atomic E-state index is 0.147. The Balaban J connectivity index is 2.55. The Morgan fingerprint density at radius 2 is 2.07 bits per heavy atom. The van der Waals surface area contributed by atoms with Crippen molar-refractivity contribution in [3.8, 4) is 6.07 Å². The molecule has 0 amide bonds. The molecule has 0 radical (unpaired) electrons. The zero-order chi connectivity index (χ0) is 11.3. The van der Waals surface area contributed by atoms with Gasteiger partial charge in [0, 0.05) is 17.0 Å². The minimum atomic E-state index is -0.147. The first-order valence-corrected chi connectivity index (χ1v) is 6.03. The van der Waals surface area contributed by atoms with Crippen LogP contribution in [0.4, 0.5) is 0 Å². The molecule has 0 heterocycles. The highest BCUT2D eigenvalue weighted by molar-refractivity contribution is 7.98. The molecule has 0 bridgehead atoms. The summed E-state index contributed by atoms with van der Waals surface area (Å²) in [6, 6.07) is 9.90. The van der Waals surface area contributed by atoms with Gasteiger partial charge in [-0.3, -0.25) is 0 Å². The maximum absolute atomic E-state index is 8.89. The highest BCUT2D eigenvalue weighted by Gasteiger charge is 2.10.